The minimum atomic E-state index is -0.224. The van der Waals surface area contributed by atoms with Gasteiger partial charge in [-0.1, -0.05) is 24.3 Å². The predicted octanol–water partition coefficient (Wildman–Crippen LogP) is 5.05. The standard InChI is InChI=1S/C26H26N2O4/c1-18-23(27-25(29)19-10-11-19)8-5-9-24(18)28-26(30)20-12-14-22(15-13-20)32-17-16-31-21-6-3-2-4-7-21/h2-9,12-15,19H,10-11,16-17H2,1H3,(H,27,29)(H,28,30). The summed E-state index contributed by atoms with van der Waals surface area (Å²) in [7, 11) is 0. The number of hydrogen-bond donors (Lipinski definition) is 2. The fraction of sp³-hybridized carbons (Fsp3) is 0.231. The Morgan fingerprint density at radius 2 is 1.38 bits per heavy atom. The molecule has 0 saturated heterocycles. The van der Waals surface area contributed by atoms with Gasteiger partial charge in [0.1, 0.15) is 24.7 Å². The van der Waals surface area contributed by atoms with Crippen LogP contribution in [-0.2, 0) is 4.79 Å². The third-order valence-electron chi connectivity index (χ3n) is 5.27. The molecule has 4 rings (SSSR count). The van der Waals surface area contributed by atoms with Gasteiger partial charge in [0.15, 0.2) is 0 Å². The van der Waals surface area contributed by atoms with Crippen LogP contribution in [0, 0.1) is 12.8 Å². The molecule has 0 aromatic heterocycles. The van der Waals surface area contributed by atoms with Crippen molar-refractivity contribution in [3.63, 3.8) is 0 Å². The maximum absolute atomic E-state index is 12.7. The molecule has 1 fully saturated rings. The van der Waals surface area contributed by atoms with Crippen molar-refractivity contribution in [2.45, 2.75) is 19.8 Å². The van der Waals surface area contributed by atoms with E-state index in [0.29, 0.717) is 30.2 Å². The van der Waals surface area contributed by atoms with Crippen LogP contribution in [-0.4, -0.2) is 25.0 Å². The summed E-state index contributed by atoms with van der Waals surface area (Å²) in [6.45, 7) is 2.71. The predicted molar refractivity (Wildman–Crippen MR) is 124 cm³/mol. The lowest BCUT2D eigenvalue weighted by atomic mass is 10.1. The van der Waals surface area contributed by atoms with Crippen LogP contribution in [0.4, 0.5) is 11.4 Å². The fourth-order valence-electron chi connectivity index (χ4n) is 3.22. The molecule has 6 nitrogen and oxygen atoms in total. The maximum atomic E-state index is 12.7. The van der Waals surface area contributed by atoms with Crippen molar-refractivity contribution in [2.24, 2.45) is 5.92 Å². The van der Waals surface area contributed by atoms with E-state index in [2.05, 4.69) is 10.6 Å². The second kappa shape index (κ2) is 10.0. The van der Waals surface area contributed by atoms with Crippen LogP contribution in [0.25, 0.3) is 0 Å². The number of ether oxygens (including phenoxy) is 2. The minimum absolute atomic E-state index is 0.0429. The zero-order chi connectivity index (χ0) is 22.3. The third kappa shape index (κ3) is 5.66. The Labute approximate surface area is 187 Å². The lowest BCUT2D eigenvalue weighted by Gasteiger charge is -2.14. The zero-order valence-electron chi connectivity index (χ0n) is 18.0. The molecule has 32 heavy (non-hydrogen) atoms. The third-order valence-corrected chi connectivity index (χ3v) is 5.27. The average Bonchev–Trinajstić information content (AvgIpc) is 3.66. The van der Waals surface area contributed by atoms with E-state index in [0.717, 1.165) is 29.8 Å². The summed E-state index contributed by atoms with van der Waals surface area (Å²) in [4.78, 5) is 24.7. The molecule has 2 N–H and O–H groups in total. The summed E-state index contributed by atoms with van der Waals surface area (Å²) in [5.74, 6) is 1.41. The molecule has 0 heterocycles. The van der Waals surface area contributed by atoms with Crippen molar-refractivity contribution < 1.29 is 19.1 Å². The van der Waals surface area contributed by atoms with Crippen LogP contribution in [0.2, 0.25) is 0 Å². The summed E-state index contributed by atoms with van der Waals surface area (Å²) >= 11 is 0. The van der Waals surface area contributed by atoms with Crippen LogP contribution in [0.5, 0.6) is 11.5 Å². The van der Waals surface area contributed by atoms with Crippen LogP contribution >= 0.6 is 0 Å². The molecule has 0 atom stereocenters. The second-order valence-corrected chi connectivity index (χ2v) is 7.73. The van der Waals surface area contributed by atoms with Gasteiger partial charge in [0.05, 0.1) is 0 Å². The number of benzene rings is 3. The van der Waals surface area contributed by atoms with E-state index >= 15 is 0 Å². The first-order valence-electron chi connectivity index (χ1n) is 10.7. The average molecular weight is 431 g/mol. The Balaban J connectivity index is 1.29. The fourth-order valence-corrected chi connectivity index (χ4v) is 3.22. The zero-order valence-corrected chi connectivity index (χ0v) is 18.0. The first kappa shape index (κ1) is 21.4. The lowest BCUT2D eigenvalue weighted by Crippen LogP contribution is -2.16. The number of nitrogens with one attached hydrogen (secondary N) is 2. The van der Waals surface area contributed by atoms with Crippen LogP contribution in [0.15, 0.2) is 72.8 Å². The van der Waals surface area contributed by atoms with E-state index in [1.54, 1.807) is 24.3 Å². The van der Waals surface area contributed by atoms with E-state index in [1.807, 2.05) is 55.5 Å². The van der Waals surface area contributed by atoms with Crippen molar-refractivity contribution in [1.82, 2.24) is 0 Å². The molecule has 1 aliphatic rings. The molecule has 1 aliphatic carbocycles. The van der Waals surface area contributed by atoms with Crippen molar-refractivity contribution in [3.8, 4) is 11.5 Å². The van der Waals surface area contributed by atoms with Crippen molar-refractivity contribution in [3.05, 3.63) is 83.9 Å². The van der Waals surface area contributed by atoms with Gasteiger partial charge in [0.2, 0.25) is 5.91 Å². The lowest BCUT2D eigenvalue weighted by molar-refractivity contribution is -0.117. The van der Waals surface area contributed by atoms with Crippen molar-refractivity contribution in [2.75, 3.05) is 23.8 Å². The topological polar surface area (TPSA) is 76.7 Å². The van der Waals surface area contributed by atoms with Crippen LogP contribution in [0.1, 0.15) is 28.8 Å². The Kier molecular flexibility index (Phi) is 6.70. The molecule has 0 radical (unpaired) electrons. The van der Waals surface area contributed by atoms with E-state index in [9.17, 15) is 9.59 Å². The normalized spacial score (nSPS) is 12.7. The van der Waals surface area contributed by atoms with Gasteiger partial charge < -0.3 is 20.1 Å². The Morgan fingerprint density at radius 1 is 0.781 bits per heavy atom. The summed E-state index contributed by atoms with van der Waals surface area (Å²) in [6, 6.07) is 22.0. The largest absolute Gasteiger partial charge is 0.490 e. The maximum Gasteiger partial charge on any atom is 0.255 e. The highest BCUT2D eigenvalue weighted by atomic mass is 16.5. The molecule has 3 aromatic rings. The summed E-state index contributed by atoms with van der Waals surface area (Å²) in [6.07, 6.45) is 1.89. The van der Waals surface area contributed by atoms with Gasteiger partial charge in [0, 0.05) is 22.9 Å². The first-order valence-corrected chi connectivity index (χ1v) is 10.7. The molecule has 1 saturated carbocycles. The number of carbonyl (C=O) groups is 2. The van der Waals surface area contributed by atoms with Crippen molar-refractivity contribution in [1.29, 1.82) is 0 Å². The first-order chi connectivity index (χ1) is 15.6. The molecule has 0 aliphatic heterocycles. The molecule has 164 valence electrons. The number of para-hydroxylation sites is 1. The Hall–Kier alpha value is -3.80. The van der Waals surface area contributed by atoms with Gasteiger partial charge in [-0.3, -0.25) is 9.59 Å². The summed E-state index contributed by atoms with van der Waals surface area (Å²) in [5.41, 5.74) is 2.74. The highest BCUT2D eigenvalue weighted by molar-refractivity contribution is 6.05. The minimum Gasteiger partial charge on any atom is -0.490 e. The molecular weight excluding hydrogens is 404 g/mol. The number of anilines is 2. The number of carbonyl (C=O) groups excluding carboxylic acids is 2. The molecule has 0 unspecified atom stereocenters. The van der Waals surface area contributed by atoms with E-state index in [-0.39, 0.29) is 17.7 Å². The number of amides is 2. The van der Waals surface area contributed by atoms with Gasteiger partial charge >= 0.3 is 0 Å². The highest BCUT2D eigenvalue weighted by Crippen LogP contribution is 2.31. The molecular formula is C26H26N2O4. The summed E-state index contributed by atoms with van der Waals surface area (Å²) in [5, 5.41) is 5.87. The van der Waals surface area contributed by atoms with E-state index < -0.39 is 0 Å². The Morgan fingerprint density at radius 3 is 2.00 bits per heavy atom. The molecule has 3 aromatic carbocycles. The molecule has 0 bridgehead atoms. The van der Waals surface area contributed by atoms with Crippen LogP contribution < -0.4 is 20.1 Å². The molecule has 0 spiro atoms. The van der Waals surface area contributed by atoms with Crippen LogP contribution in [0.3, 0.4) is 0 Å². The van der Waals surface area contributed by atoms with Crippen molar-refractivity contribution >= 4 is 23.2 Å². The van der Waals surface area contributed by atoms with Gasteiger partial charge in [0.25, 0.3) is 5.91 Å². The number of rotatable bonds is 9. The number of hydrogen-bond acceptors (Lipinski definition) is 4. The molecule has 2 amide bonds. The van der Waals surface area contributed by atoms with Gasteiger partial charge in [-0.15, -0.1) is 0 Å². The van der Waals surface area contributed by atoms with Gasteiger partial charge in [-0.25, -0.2) is 0 Å². The Bertz CT molecular complexity index is 1080. The second-order valence-electron chi connectivity index (χ2n) is 7.73. The quantitative estimate of drug-likeness (QED) is 0.466. The van der Waals surface area contributed by atoms with Gasteiger partial charge in [-0.05, 0) is 73.9 Å². The smallest absolute Gasteiger partial charge is 0.255 e. The van der Waals surface area contributed by atoms with E-state index in [4.69, 9.17) is 9.47 Å². The van der Waals surface area contributed by atoms with Gasteiger partial charge in [-0.2, -0.15) is 0 Å². The highest BCUT2D eigenvalue weighted by Gasteiger charge is 2.29. The summed E-state index contributed by atoms with van der Waals surface area (Å²) < 4.78 is 11.3. The monoisotopic (exact) mass is 430 g/mol. The SMILES string of the molecule is Cc1c(NC(=O)c2ccc(OCCOc3ccccc3)cc2)cccc1NC(=O)C1CC1. The van der Waals surface area contributed by atoms with E-state index in [1.165, 1.54) is 0 Å². The molecule has 6 heteroatoms.